The monoisotopic (exact) mass is 420 g/mol. The molecule has 2 heteroatoms. The average Bonchev–Trinajstić information content (AvgIpc) is 2.62. The molecule has 0 fully saturated rings. The first-order chi connectivity index (χ1) is 13.0. The lowest BCUT2D eigenvalue weighted by molar-refractivity contribution is 0.831. The Kier molecular flexibility index (Phi) is 9.57. The van der Waals surface area contributed by atoms with Gasteiger partial charge in [-0.05, 0) is 81.3 Å². The van der Waals surface area contributed by atoms with Crippen LogP contribution < -0.4 is 0 Å². The van der Waals surface area contributed by atoms with Gasteiger partial charge in [0.25, 0.3) is 0 Å². The standard InChI is InChI=1S/C24H32Cl2.C2H6/c1-13(2)19-9-17(10-20(14(3)4)23(19)25)18-11-21(15(5)6)24(26)22(12-18)16(7)8;1-2/h9-16H,1-8H3;1-2H3. The first kappa shape index (κ1) is 25.1. The lowest BCUT2D eigenvalue weighted by Gasteiger charge is -2.21. The van der Waals surface area contributed by atoms with Gasteiger partial charge in [0.15, 0.2) is 0 Å². The summed E-state index contributed by atoms with van der Waals surface area (Å²) in [5, 5.41) is 1.83. The summed E-state index contributed by atoms with van der Waals surface area (Å²) in [5.74, 6) is 1.56. The van der Waals surface area contributed by atoms with E-state index >= 15 is 0 Å². The van der Waals surface area contributed by atoms with Crippen LogP contribution in [0.3, 0.4) is 0 Å². The van der Waals surface area contributed by atoms with Gasteiger partial charge in [0.2, 0.25) is 0 Å². The molecular weight excluding hydrogens is 383 g/mol. The van der Waals surface area contributed by atoms with Crippen LogP contribution >= 0.6 is 23.2 Å². The van der Waals surface area contributed by atoms with Gasteiger partial charge in [0.1, 0.15) is 0 Å². The highest BCUT2D eigenvalue weighted by Gasteiger charge is 2.18. The second-order valence-electron chi connectivity index (χ2n) is 8.56. The first-order valence-electron chi connectivity index (χ1n) is 10.7. The molecule has 0 spiro atoms. The predicted octanol–water partition coefficient (Wildman–Crippen LogP) is 10.2. The Hall–Kier alpha value is -0.980. The molecule has 2 rings (SSSR count). The molecule has 0 aliphatic rings. The highest BCUT2D eigenvalue weighted by molar-refractivity contribution is 6.33. The molecule has 0 nitrogen and oxygen atoms in total. The number of benzene rings is 2. The number of halogens is 2. The van der Waals surface area contributed by atoms with E-state index in [1.165, 1.54) is 33.4 Å². The maximum atomic E-state index is 6.73. The van der Waals surface area contributed by atoms with Gasteiger partial charge in [0, 0.05) is 10.0 Å². The summed E-state index contributed by atoms with van der Waals surface area (Å²) < 4.78 is 0. The Labute approximate surface area is 183 Å². The van der Waals surface area contributed by atoms with Crippen molar-refractivity contribution in [3.05, 3.63) is 56.6 Å². The Morgan fingerprint density at radius 2 is 0.643 bits per heavy atom. The minimum Gasteiger partial charge on any atom is -0.0837 e. The third-order valence-electron chi connectivity index (χ3n) is 5.08. The molecule has 0 aromatic heterocycles. The van der Waals surface area contributed by atoms with Crippen LogP contribution in [0.1, 0.15) is 115 Å². The SMILES string of the molecule is CC.CC(C)c1cc(-c2cc(C(C)C)c(Cl)c(C(C)C)c2)cc(C(C)C)c1Cl. The Bertz CT molecular complexity index is 658. The fraction of sp³-hybridized carbons (Fsp3) is 0.538. The van der Waals surface area contributed by atoms with Gasteiger partial charge in [-0.3, -0.25) is 0 Å². The quantitative estimate of drug-likeness (QED) is 0.450. The number of rotatable bonds is 5. The average molecular weight is 421 g/mol. The molecule has 0 bridgehead atoms. The molecule has 0 unspecified atom stereocenters. The third-order valence-corrected chi connectivity index (χ3v) is 5.95. The molecule has 0 amide bonds. The molecule has 0 aliphatic carbocycles. The van der Waals surface area contributed by atoms with Crippen LogP contribution in [0.5, 0.6) is 0 Å². The van der Waals surface area contributed by atoms with Crippen molar-refractivity contribution in [3.8, 4) is 11.1 Å². The largest absolute Gasteiger partial charge is 0.0837 e. The molecule has 0 atom stereocenters. The van der Waals surface area contributed by atoms with Gasteiger partial charge >= 0.3 is 0 Å². The zero-order valence-corrected chi connectivity index (χ0v) is 20.9. The van der Waals surface area contributed by atoms with Crippen LogP contribution in [0.25, 0.3) is 11.1 Å². The lowest BCUT2D eigenvalue weighted by Crippen LogP contribution is -2.00. The second-order valence-corrected chi connectivity index (χ2v) is 9.31. The van der Waals surface area contributed by atoms with E-state index in [1.54, 1.807) is 0 Å². The fourth-order valence-electron chi connectivity index (χ4n) is 3.35. The smallest absolute Gasteiger partial charge is 0.0475 e. The van der Waals surface area contributed by atoms with E-state index < -0.39 is 0 Å². The van der Waals surface area contributed by atoms with Crippen LogP contribution in [-0.4, -0.2) is 0 Å². The highest BCUT2D eigenvalue weighted by atomic mass is 35.5. The van der Waals surface area contributed by atoms with Crippen LogP contribution in [0.15, 0.2) is 24.3 Å². The summed E-state index contributed by atoms with van der Waals surface area (Å²) in [7, 11) is 0. The minimum atomic E-state index is 0.390. The molecule has 2 aromatic carbocycles. The van der Waals surface area contributed by atoms with Gasteiger partial charge in [-0.25, -0.2) is 0 Å². The second kappa shape index (κ2) is 10.7. The van der Waals surface area contributed by atoms with E-state index in [9.17, 15) is 0 Å². The normalized spacial score (nSPS) is 11.4. The minimum absolute atomic E-state index is 0.390. The highest BCUT2D eigenvalue weighted by Crippen LogP contribution is 2.40. The summed E-state index contributed by atoms with van der Waals surface area (Å²) in [5.41, 5.74) is 7.37. The lowest BCUT2D eigenvalue weighted by atomic mass is 9.87. The molecule has 0 saturated heterocycles. The van der Waals surface area contributed by atoms with Crippen molar-refractivity contribution in [2.45, 2.75) is 92.9 Å². The third kappa shape index (κ3) is 5.55. The van der Waals surface area contributed by atoms with Crippen molar-refractivity contribution in [2.24, 2.45) is 0 Å². The maximum absolute atomic E-state index is 6.73. The van der Waals surface area contributed by atoms with E-state index in [0.717, 1.165) is 10.0 Å². The molecule has 2 aromatic rings. The van der Waals surface area contributed by atoms with Crippen LogP contribution in [0.2, 0.25) is 10.0 Å². The van der Waals surface area contributed by atoms with Crippen LogP contribution in [-0.2, 0) is 0 Å². The topological polar surface area (TPSA) is 0 Å². The van der Waals surface area contributed by atoms with E-state index in [1.807, 2.05) is 13.8 Å². The van der Waals surface area contributed by atoms with Gasteiger partial charge in [-0.15, -0.1) is 0 Å². The predicted molar refractivity (Wildman–Crippen MR) is 130 cm³/mol. The number of hydrogen-bond donors (Lipinski definition) is 0. The van der Waals surface area contributed by atoms with Crippen molar-refractivity contribution in [3.63, 3.8) is 0 Å². The van der Waals surface area contributed by atoms with Crippen molar-refractivity contribution >= 4 is 23.2 Å². The molecule has 0 saturated carbocycles. The van der Waals surface area contributed by atoms with Crippen LogP contribution in [0.4, 0.5) is 0 Å². The molecule has 156 valence electrons. The number of hydrogen-bond acceptors (Lipinski definition) is 0. The Balaban J connectivity index is 0.00000190. The van der Waals surface area contributed by atoms with Gasteiger partial charge in [0.05, 0.1) is 0 Å². The van der Waals surface area contributed by atoms with Crippen LogP contribution in [0, 0.1) is 0 Å². The van der Waals surface area contributed by atoms with Gasteiger partial charge in [-0.1, -0.05) is 92.4 Å². The van der Waals surface area contributed by atoms with E-state index in [2.05, 4.69) is 79.7 Å². The molecule has 0 N–H and O–H groups in total. The van der Waals surface area contributed by atoms with E-state index in [0.29, 0.717) is 23.7 Å². The molecule has 0 radical (unpaired) electrons. The zero-order valence-electron chi connectivity index (χ0n) is 19.4. The van der Waals surface area contributed by atoms with Gasteiger partial charge in [-0.2, -0.15) is 0 Å². The molecular formula is C26H38Cl2. The van der Waals surface area contributed by atoms with Crippen molar-refractivity contribution < 1.29 is 0 Å². The van der Waals surface area contributed by atoms with Gasteiger partial charge < -0.3 is 0 Å². The van der Waals surface area contributed by atoms with E-state index in [-0.39, 0.29) is 0 Å². The van der Waals surface area contributed by atoms with Crippen molar-refractivity contribution in [2.75, 3.05) is 0 Å². The molecule has 28 heavy (non-hydrogen) atoms. The fourth-order valence-corrected chi connectivity index (χ4v) is 4.45. The maximum Gasteiger partial charge on any atom is 0.0475 e. The zero-order chi connectivity index (χ0) is 21.8. The summed E-state index contributed by atoms with van der Waals surface area (Å²) in [6, 6.07) is 9.04. The summed E-state index contributed by atoms with van der Waals surface area (Å²) >= 11 is 13.5. The Morgan fingerprint density at radius 1 is 0.464 bits per heavy atom. The van der Waals surface area contributed by atoms with E-state index in [4.69, 9.17) is 23.2 Å². The first-order valence-corrected chi connectivity index (χ1v) is 11.5. The van der Waals surface area contributed by atoms with Crippen molar-refractivity contribution in [1.29, 1.82) is 0 Å². The van der Waals surface area contributed by atoms with Crippen molar-refractivity contribution in [1.82, 2.24) is 0 Å². The summed E-state index contributed by atoms with van der Waals surface area (Å²) in [4.78, 5) is 0. The summed E-state index contributed by atoms with van der Waals surface area (Å²) in [6.45, 7) is 21.6. The molecule has 0 heterocycles. The summed E-state index contributed by atoms with van der Waals surface area (Å²) in [6.07, 6.45) is 0. The Morgan fingerprint density at radius 3 is 0.786 bits per heavy atom. The molecule has 0 aliphatic heterocycles.